The number of rotatable bonds is 4. The van der Waals surface area contributed by atoms with Gasteiger partial charge in [0.2, 0.25) is 0 Å². The molecule has 1 aliphatic rings. The molecule has 2 aromatic carbocycles. The van der Waals surface area contributed by atoms with Crippen LogP contribution < -0.4 is 10.5 Å². The summed E-state index contributed by atoms with van der Waals surface area (Å²) in [6.45, 7) is 0.296. The first kappa shape index (κ1) is 18.5. The van der Waals surface area contributed by atoms with Crippen molar-refractivity contribution in [3.8, 4) is 5.75 Å². The van der Waals surface area contributed by atoms with E-state index >= 15 is 0 Å². The van der Waals surface area contributed by atoms with Crippen LogP contribution in [-0.4, -0.2) is 26.0 Å². The molecule has 0 aliphatic carbocycles. The van der Waals surface area contributed by atoms with Crippen molar-refractivity contribution >= 4 is 44.6 Å². The molecule has 0 bridgehead atoms. The summed E-state index contributed by atoms with van der Waals surface area (Å²) in [6.07, 6.45) is 4.00. The molecule has 148 valence electrons. The Morgan fingerprint density at radius 1 is 1.17 bits per heavy atom. The van der Waals surface area contributed by atoms with Crippen LogP contribution in [0.1, 0.15) is 17.0 Å². The lowest BCUT2D eigenvalue weighted by Gasteiger charge is -2.28. The van der Waals surface area contributed by atoms with E-state index < -0.39 is 5.92 Å². The molecule has 5 rings (SSSR count). The maximum atomic E-state index is 12.3. The van der Waals surface area contributed by atoms with Gasteiger partial charge in [0.05, 0.1) is 17.5 Å². The lowest BCUT2D eigenvalue weighted by atomic mass is 9.84. The van der Waals surface area contributed by atoms with Gasteiger partial charge < -0.3 is 15.3 Å². The second kappa shape index (κ2) is 7.38. The summed E-state index contributed by atoms with van der Waals surface area (Å²) < 4.78 is 8.90. The van der Waals surface area contributed by atoms with Crippen LogP contribution in [0.5, 0.6) is 5.75 Å². The van der Waals surface area contributed by atoms with Crippen LogP contribution in [0.4, 0.5) is 5.82 Å². The predicted octanol–water partition coefficient (Wildman–Crippen LogP) is 3.96. The number of hydrogen-bond donors (Lipinski definition) is 1. The topological polar surface area (TPSA) is 95.9 Å². The normalized spacial score (nSPS) is 15.7. The van der Waals surface area contributed by atoms with Gasteiger partial charge in [0.1, 0.15) is 36.5 Å². The second-order valence-electron chi connectivity index (χ2n) is 6.90. The molecular formula is C22H16BrN5O2. The number of benzene rings is 2. The molecule has 3 heterocycles. The largest absolute Gasteiger partial charge is 0.459 e. The Labute approximate surface area is 180 Å². The number of aldehydes is 1. The number of nitrogens with two attached hydrogens (primary N) is 1. The number of hydrogen-bond acceptors (Lipinski definition) is 6. The molecule has 2 aromatic heterocycles. The zero-order valence-electron chi connectivity index (χ0n) is 15.7. The van der Waals surface area contributed by atoms with Crippen LogP contribution in [0.2, 0.25) is 0 Å². The highest BCUT2D eigenvalue weighted by atomic mass is 79.9. The number of fused-ring (bicyclic) bond motifs is 2. The van der Waals surface area contributed by atoms with E-state index in [1.165, 1.54) is 6.33 Å². The molecule has 30 heavy (non-hydrogen) atoms. The van der Waals surface area contributed by atoms with Gasteiger partial charge in [-0.3, -0.25) is 0 Å². The third-order valence-electron chi connectivity index (χ3n) is 5.13. The van der Waals surface area contributed by atoms with Crippen molar-refractivity contribution in [2.75, 3.05) is 5.73 Å². The summed E-state index contributed by atoms with van der Waals surface area (Å²) in [5.74, 6) is 1.19. The van der Waals surface area contributed by atoms with E-state index in [0.29, 0.717) is 34.9 Å². The van der Waals surface area contributed by atoms with Crippen LogP contribution in [0, 0.1) is 0 Å². The van der Waals surface area contributed by atoms with E-state index in [1.54, 1.807) is 10.9 Å². The minimum Gasteiger partial charge on any atom is -0.459 e. The zero-order valence-corrected chi connectivity index (χ0v) is 17.3. The minimum atomic E-state index is -0.467. The van der Waals surface area contributed by atoms with Gasteiger partial charge >= 0.3 is 0 Å². The van der Waals surface area contributed by atoms with Gasteiger partial charge in [-0.1, -0.05) is 46.3 Å². The molecule has 0 amide bonds. The summed E-state index contributed by atoms with van der Waals surface area (Å²) >= 11 is 3.49. The predicted molar refractivity (Wildman–Crippen MR) is 117 cm³/mol. The van der Waals surface area contributed by atoms with Crippen LogP contribution in [0.3, 0.4) is 0 Å². The van der Waals surface area contributed by atoms with Crippen molar-refractivity contribution in [1.29, 1.82) is 0 Å². The fraction of sp³-hybridized carbons (Fsp3) is 0.0909. The van der Waals surface area contributed by atoms with E-state index in [0.717, 1.165) is 27.5 Å². The van der Waals surface area contributed by atoms with Crippen molar-refractivity contribution in [3.05, 3.63) is 82.4 Å². The number of ether oxygens (including phenoxy) is 1. The summed E-state index contributed by atoms with van der Waals surface area (Å²) in [5.41, 5.74) is 9.09. The van der Waals surface area contributed by atoms with Gasteiger partial charge in [-0.25, -0.2) is 14.6 Å². The molecule has 1 atom stereocenters. The molecule has 0 saturated heterocycles. The highest BCUT2D eigenvalue weighted by Gasteiger charge is 2.31. The minimum absolute atomic E-state index is 0.296. The fourth-order valence-electron chi connectivity index (χ4n) is 3.75. The van der Waals surface area contributed by atoms with Crippen molar-refractivity contribution in [1.82, 2.24) is 19.7 Å². The maximum absolute atomic E-state index is 12.3. The molecule has 2 N–H and O–H groups in total. The Kier molecular flexibility index (Phi) is 4.55. The smallest absolute Gasteiger partial charge is 0.163 e. The molecule has 0 fully saturated rings. The van der Waals surface area contributed by atoms with Crippen LogP contribution >= 0.6 is 15.9 Å². The Morgan fingerprint density at radius 2 is 2.00 bits per heavy atom. The van der Waals surface area contributed by atoms with Crippen LogP contribution in [0.15, 0.2) is 71.3 Å². The third-order valence-corrected chi connectivity index (χ3v) is 5.62. The Bertz CT molecular complexity index is 1300. The molecule has 0 radical (unpaired) electrons. The first-order chi connectivity index (χ1) is 14.7. The average molecular weight is 462 g/mol. The van der Waals surface area contributed by atoms with E-state index in [1.807, 2.05) is 48.5 Å². The Morgan fingerprint density at radius 3 is 2.80 bits per heavy atom. The SMILES string of the molecule is Nc1ncnc2c1cnn2CC1=C(c2ccccc2)C(C=O)c2cc(Br)ccc2O1. The number of carbonyl (C=O) groups is 1. The van der Waals surface area contributed by atoms with Crippen molar-refractivity contribution in [2.45, 2.75) is 12.5 Å². The zero-order chi connectivity index (χ0) is 20.7. The number of nitrogens with zero attached hydrogens (tertiary/aromatic N) is 4. The summed E-state index contributed by atoms with van der Waals surface area (Å²) in [5, 5.41) is 5.10. The van der Waals surface area contributed by atoms with Crippen molar-refractivity contribution < 1.29 is 9.53 Å². The number of halogens is 1. The van der Waals surface area contributed by atoms with Crippen molar-refractivity contribution in [3.63, 3.8) is 0 Å². The van der Waals surface area contributed by atoms with E-state index in [4.69, 9.17) is 10.5 Å². The van der Waals surface area contributed by atoms with Gasteiger partial charge in [-0.15, -0.1) is 0 Å². The number of anilines is 1. The standard InChI is InChI=1S/C22H16BrN5O2/c23-14-6-7-18-15(8-14)17(11-29)20(13-4-2-1-3-5-13)19(30-18)10-28-22-16(9-27-28)21(24)25-12-26-22/h1-9,11-12,17H,10H2,(H2,24,25,26). The quantitative estimate of drug-likeness (QED) is 0.462. The molecule has 0 saturated carbocycles. The van der Waals surface area contributed by atoms with Gasteiger partial charge in [-0.2, -0.15) is 5.10 Å². The highest BCUT2D eigenvalue weighted by molar-refractivity contribution is 9.10. The van der Waals surface area contributed by atoms with Gasteiger partial charge in [0.25, 0.3) is 0 Å². The summed E-state index contributed by atoms with van der Waals surface area (Å²) in [7, 11) is 0. The van der Waals surface area contributed by atoms with Crippen LogP contribution in [-0.2, 0) is 11.3 Å². The second-order valence-corrected chi connectivity index (χ2v) is 7.81. The molecule has 7 nitrogen and oxygen atoms in total. The first-order valence-corrected chi connectivity index (χ1v) is 10.1. The Hall–Kier alpha value is -3.52. The van der Waals surface area contributed by atoms with Crippen LogP contribution in [0.25, 0.3) is 16.6 Å². The molecule has 1 unspecified atom stereocenters. The van der Waals surface area contributed by atoms with E-state index in [2.05, 4.69) is 31.0 Å². The lowest BCUT2D eigenvalue weighted by Crippen LogP contribution is -2.20. The molecule has 4 aromatic rings. The average Bonchev–Trinajstić information content (AvgIpc) is 3.18. The van der Waals surface area contributed by atoms with Gasteiger partial charge in [0, 0.05) is 15.6 Å². The highest BCUT2D eigenvalue weighted by Crippen LogP contribution is 2.44. The first-order valence-electron chi connectivity index (χ1n) is 9.28. The monoisotopic (exact) mass is 461 g/mol. The maximum Gasteiger partial charge on any atom is 0.163 e. The van der Waals surface area contributed by atoms with Gasteiger partial charge in [-0.05, 0) is 23.8 Å². The number of aromatic nitrogens is 4. The molecular weight excluding hydrogens is 446 g/mol. The number of nitrogen functional groups attached to an aromatic ring is 1. The van der Waals surface area contributed by atoms with E-state index in [-0.39, 0.29) is 0 Å². The van der Waals surface area contributed by atoms with Gasteiger partial charge in [0.15, 0.2) is 5.65 Å². The number of carbonyl (C=O) groups excluding carboxylic acids is 1. The van der Waals surface area contributed by atoms with E-state index in [9.17, 15) is 4.79 Å². The fourth-order valence-corrected chi connectivity index (χ4v) is 4.13. The lowest BCUT2D eigenvalue weighted by molar-refractivity contribution is -0.108. The van der Waals surface area contributed by atoms with Crippen molar-refractivity contribution in [2.24, 2.45) is 0 Å². The third kappa shape index (κ3) is 3.05. The summed E-state index contributed by atoms with van der Waals surface area (Å²) in [6, 6.07) is 15.4. The molecule has 1 aliphatic heterocycles. The summed E-state index contributed by atoms with van der Waals surface area (Å²) in [4.78, 5) is 20.6. The Balaban J connectivity index is 1.69. The number of allylic oxidation sites excluding steroid dienone is 2. The molecule has 0 spiro atoms. The molecule has 8 heteroatoms.